The number of aryl methyl sites for hydroxylation is 1. The maximum atomic E-state index is 12.3. The highest BCUT2D eigenvalue weighted by atomic mass is 16.5. The molecule has 0 radical (unpaired) electrons. The van der Waals surface area contributed by atoms with E-state index in [2.05, 4.69) is 15.3 Å². The van der Waals surface area contributed by atoms with Crippen molar-refractivity contribution in [1.82, 2.24) is 5.32 Å². The largest absolute Gasteiger partial charge is 0.497 e. The fourth-order valence-corrected chi connectivity index (χ4v) is 2.76. The third-order valence-corrected chi connectivity index (χ3v) is 3.78. The molecule has 1 aliphatic carbocycles. The summed E-state index contributed by atoms with van der Waals surface area (Å²) >= 11 is 0. The number of rotatable bonds is 6. The highest BCUT2D eigenvalue weighted by Gasteiger charge is 2.46. The minimum atomic E-state index is -0.899. The van der Waals surface area contributed by atoms with Gasteiger partial charge in [-0.05, 0) is 41.6 Å². The summed E-state index contributed by atoms with van der Waals surface area (Å²) in [6.07, 6.45) is 1.39. The molecule has 0 saturated carbocycles. The van der Waals surface area contributed by atoms with Gasteiger partial charge in [0.1, 0.15) is 11.3 Å². The third kappa shape index (κ3) is 2.79. The molecule has 0 fully saturated rings. The maximum Gasteiger partial charge on any atom is 0.330 e. The number of carbonyl (C=O) groups excluding carboxylic acids is 1. The number of esters is 1. The Kier molecular flexibility index (Phi) is 4.67. The Morgan fingerprint density at radius 3 is 3.00 bits per heavy atom. The molecule has 0 heterocycles. The topological polar surface area (TPSA) is 96.3 Å². The van der Waals surface area contributed by atoms with Gasteiger partial charge in [0.05, 0.1) is 14.2 Å². The Balaban J connectivity index is 2.35. The van der Waals surface area contributed by atoms with E-state index in [1.54, 1.807) is 7.11 Å². The third-order valence-electron chi connectivity index (χ3n) is 3.78. The van der Waals surface area contributed by atoms with E-state index in [-0.39, 0.29) is 12.5 Å². The maximum absolute atomic E-state index is 12.3. The number of methoxy groups -OCH3 is 2. The molecule has 1 aromatic rings. The van der Waals surface area contributed by atoms with E-state index in [1.807, 2.05) is 18.2 Å². The van der Waals surface area contributed by atoms with Crippen molar-refractivity contribution in [3.05, 3.63) is 39.8 Å². The Labute approximate surface area is 122 Å². The number of nitrogens with zero attached hydrogens (tertiary/aromatic N) is 3. The van der Waals surface area contributed by atoms with Crippen LogP contribution in [-0.4, -0.2) is 33.3 Å². The molecule has 1 N–H and O–H groups in total. The van der Waals surface area contributed by atoms with Crippen molar-refractivity contribution in [1.29, 1.82) is 0 Å². The number of hydrogen-bond acceptors (Lipinski definition) is 5. The first-order chi connectivity index (χ1) is 10.2. The van der Waals surface area contributed by atoms with E-state index in [0.717, 1.165) is 17.5 Å². The standard InChI is InChI=1S/C14H18N4O3/c1-20-11-4-3-10-5-6-14(12(10)9-11,13(19)21-2)16-7-8-17-18-15/h3-4,9,16H,5-8H2,1-2H3. The molecule has 112 valence electrons. The molecule has 0 saturated heterocycles. The predicted molar refractivity (Wildman–Crippen MR) is 77.0 cm³/mol. The van der Waals surface area contributed by atoms with Gasteiger partial charge in [-0.15, -0.1) is 0 Å². The first kappa shape index (κ1) is 15.2. The molecule has 2 rings (SSSR count). The van der Waals surface area contributed by atoms with Crippen molar-refractivity contribution >= 4 is 5.97 Å². The van der Waals surface area contributed by atoms with Crippen LogP contribution in [0, 0.1) is 0 Å². The molecule has 0 spiro atoms. The molecule has 7 heteroatoms. The summed E-state index contributed by atoms with van der Waals surface area (Å²) in [4.78, 5) is 15.0. The van der Waals surface area contributed by atoms with Gasteiger partial charge in [0.25, 0.3) is 0 Å². The smallest absolute Gasteiger partial charge is 0.330 e. The normalized spacial score (nSPS) is 19.5. The summed E-state index contributed by atoms with van der Waals surface area (Å²) < 4.78 is 10.2. The van der Waals surface area contributed by atoms with Crippen molar-refractivity contribution in [3.63, 3.8) is 0 Å². The van der Waals surface area contributed by atoms with Crippen LogP contribution in [-0.2, 0) is 21.5 Å². The highest BCUT2D eigenvalue weighted by Crippen LogP contribution is 2.39. The van der Waals surface area contributed by atoms with Crippen LogP contribution in [0.4, 0.5) is 0 Å². The van der Waals surface area contributed by atoms with Gasteiger partial charge in [-0.1, -0.05) is 11.2 Å². The fourth-order valence-electron chi connectivity index (χ4n) is 2.76. The summed E-state index contributed by atoms with van der Waals surface area (Å²) in [5, 5.41) is 6.67. The van der Waals surface area contributed by atoms with E-state index in [4.69, 9.17) is 15.0 Å². The van der Waals surface area contributed by atoms with Crippen molar-refractivity contribution in [2.45, 2.75) is 18.4 Å². The Morgan fingerprint density at radius 1 is 1.52 bits per heavy atom. The zero-order valence-corrected chi connectivity index (χ0v) is 12.1. The quantitative estimate of drug-likeness (QED) is 0.284. The lowest BCUT2D eigenvalue weighted by Gasteiger charge is -2.29. The number of hydrogen-bond donors (Lipinski definition) is 1. The van der Waals surface area contributed by atoms with E-state index in [0.29, 0.717) is 18.7 Å². The number of benzene rings is 1. The first-order valence-electron chi connectivity index (χ1n) is 6.69. The average Bonchev–Trinajstić information content (AvgIpc) is 2.90. The molecule has 0 amide bonds. The van der Waals surface area contributed by atoms with Crippen LogP contribution in [0.2, 0.25) is 0 Å². The molecule has 0 aliphatic heterocycles. The van der Waals surface area contributed by atoms with E-state index < -0.39 is 5.54 Å². The zero-order chi connectivity index (χ0) is 15.3. The van der Waals surface area contributed by atoms with Crippen LogP contribution in [0.25, 0.3) is 10.4 Å². The highest BCUT2D eigenvalue weighted by molar-refractivity contribution is 5.84. The van der Waals surface area contributed by atoms with E-state index in [1.165, 1.54) is 7.11 Å². The van der Waals surface area contributed by atoms with Crippen LogP contribution in [0.15, 0.2) is 23.3 Å². The molecular weight excluding hydrogens is 272 g/mol. The summed E-state index contributed by atoms with van der Waals surface area (Å²) in [6.45, 7) is 0.671. The molecule has 1 aliphatic rings. The second-order valence-corrected chi connectivity index (χ2v) is 4.80. The molecule has 7 nitrogen and oxygen atoms in total. The molecular formula is C14H18N4O3. The molecule has 1 unspecified atom stereocenters. The van der Waals surface area contributed by atoms with Gasteiger partial charge < -0.3 is 9.47 Å². The number of ether oxygens (including phenoxy) is 2. The molecule has 0 bridgehead atoms. The fraction of sp³-hybridized carbons (Fsp3) is 0.500. The lowest BCUT2D eigenvalue weighted by Crippen LogP contribution is -2.49. The molecule has 1 aromatic carbocycles. The van der Waals surface area contributed by atoms with Gasteiger partial charge in [0.15, 0.2) is 0 Å². The molecule has 0 aromatic heterocycles. The summed E-state index contributed by atoms with van der Waals surface area (Å²) in [7, 11) is 2.96. The number of azide groups is 1. The second-order valence-electron chi connectivity index (χ2n) is 4.80. The number of fused-ring (bicyclic) bond motifs is 1. The lowest BCUT2D eigenvalue weighted by molar-refractivity contribution is -0.149. The van der Waals surface area contributed by atoms with E-state index in [9.17, 15) is 4.79 Å². The van der Waals surface area contributed by atoms with Crippen LogP contribution in [0.1, 0.15) is 17.5 Å². The predicted octanol–water partition coefficient (Wildman–Crippen LogP) is 1.91. The van der Waals surface area contributed by atoms with Crippen LogP contribution < -0.4 is 10.1 Å². The SMILES string of the molecule is COC(=O)C1(NCCN=[N+]=[N-])CCc2ccc(OC)cc21. The first-order valence-corrected chi connectivity index (χ1v) is 6.69. The minimum Gasteiger partial charge on any atom is -0.497 e. The second kappa shape index (κ2) is 6.47. The van der Waals surface area contributed by atoms with Crippen LogP contribution >= 0.6 is 0 Å². The zero-order valence-electron chi connectivity index (χ0n) is 12.1. The van der Waals surface area contributed by atoms with Gasteiger partial charge in [-0.2, -0.15) is 0 Å². The van der Waals surface area contributed by atoms with Crippen LogP contribution in [0.5, 0.6) is 5.75 Å². The van der Waals surface area contributed by atoms with Crippen LogP contribution in [0.3, 0.4) is 0 Å². The lowest BCUT2D eigenvalue weighted by atomic mass is 9.91. The summed E-state index contributed by atoms with van der Waals surface area (Å²) in [5.74, 6) is 0.358. The Bertz CT molecular complexity index is 584. The minimum absolute atomic E-state index is 0.272. The number of carbonyl (C=O) groups is 1. The van der Waals surface area contributed by atoms with Crippen molar-refractivity contribution in [2.75, 3.05) is 27.3 Å². The van der Waals surface area contributed by atoms with Gasteiger partial charge in [0, 0.05) is 18.0 Å². The van der Waals surface area contributed by atoms with Gasteiger partial charge in [-0.3, -0.25) is 5.32 Å². The summed E-state index contributed by atoms with van der Waals surface area (Å²) in [5.41, 5.74) is 9.39. The monoisotopic (exact) mass is 290 g/mol. The van der Waals surface area contributed by atoms with Gasteiger partial charge in [0.2, 0.25) is 0 Å². The van der Waals surface area contributed by atoms with Crippen molar-refractivity contribution in [3.8, 4) is 5.75 Å². The van der Waals surface area contributed by atoms with E-state index >= 15 is 0 Å². The number of nitrogens with one attached hydrogen (secondary N) is 1. The van der Waals surface area contributed by atoms with Crippen molar-refractivity contribution < 1.29 is 14.3 Å². The molecule has 1 atom stereocenters. The Morgan fingerprint density at radius 2 is 2.33 bits per heavy atom. The average molecular weight is 290 g/mol. The summed E-state index contributed by atoms with van der Waals surface area (Å²) in [6, 6.07) is 5.71. The van der Waals surface area contributed by atoms with Crippen molar-refractivity contribution in [2.24, 2.45) is 5.11 Å². The van der Waals surface area contributed by atoms with Gasteiger partial charge in [-0.25, -0.2) is 4.79 Å². The van der Waals surface area contributed by atoms with Gasteiger partial charge >= 0.3 is 5.97 Å². The Hall–Kier alpha value is -2.24. The molecule has 21 heavy (non-hydrogen) atoms.